The number of rotatable bonds is 4. The lowest BCUT2D eigenvalue weighted by Crippen LogP contribution is -2.03. The number of H-pyrrole nitrogens is 1. The van der Waals surface area contributed by atoms with Crippen LogP contribution in [0, 0.1) is 13.8 Å². The number of hydrogen-bond donors (Lipinski definition) is 3. The van der Waals surface area contributed by atoms with E-state index in [1.54, 1.807) is 24.4 Å². The van der Waals surface area contributed by atoms with E-state index in [1.807, 2.05) is 32.2 Å². The van der Waals surface area contributed by atoms with Gasteiger partial charge in [-0.05, 0) is 54.8 Å². The second-order valence-corrected chi connectivity index (χ2v) is 5.44. The molecule has 0 atom stereocenters. The standard InChI is InChI=1S/C18H17N3O2/c1-11-8-17(12(2)7-15(11)13-9-19-20-10-13)21-16-6-4-3-5-14(16)18(22)23/h3-10,21H,1-2H3,(H,19,20)(H,22,23). The number of nitrogens with zero attached hydrogens (tertiary/aromatic N) is 1. The highest BCUT2D eigenvalue weighted by molar-refractivity contribution is 5.95. The monoisotopic (exact) mass is 307 g/mol. The number of para-hydroxylation sites is 1. The summed E-state index contributed by atoms with van der Waals surface area (Å²) < 4.78 is 0. The van der Waals surface area contributed by atoms with Gasteiger partial charge in [0, 0.05) is 17.4 Å². The average molecular weight is 307 g/mol. The summed E-state index contributed by atoms with van der Waals surface area (Å²) in [5.41, 5.74) is 5.99. The molecule has 23 heavy (non-hydrogen) atoms. The Morgan fingerprint density at radius 1 is 1.13 bits per heavy atom. The summed E-state index contributed by atoms with van der Waals surface area (Å²) in [6, 6.07) is 11.0. The van der Waals surface area contributed by atoms with Crippen LogP contribution in [0.4, 0.5) is 11.4 Å². The highest BCUT2D eigenvalue weighted by Crippen LogP contribution is 2.30. The van der Waals surface area contributed by atoms with Crippen LogP contribution in [-0.2, 0) is 0 Å². The fraction of sp³-hybridized carbons (Fsp3) is 0.111. The van der Waals surface area contributed by atoms with E-state index in [0.29, 0.717) is 5.69 Å². The Hall–Kier alpha value is -3.08. The summed E-state index contributed by atoms with van der Waals surface area (Å²) in [6.07, 6.45) is 3.64. The number of aromatic carboxylic acids is 1. The Balaban J connectivity index is 1.99. The largest absolute Gasteiger partial charge is 0.478 e. The summed E-state index contributed by atoms with van der Waals surface area (Å²) in [4.78, 5) is 11.3. The first-order valence-corrected chi connectivity index (χ1v) is 7.26. The number of aryl methyl sites for hydroxylation is 2. The van der Waals surface area contributed by atoms with Crippen LogP contribution in [0.15, 0.2) is 48.8 Å². The third kappa shape index (κ3) is 2.94. The molecule has 0 saturated carbocycles. The number of aromatic amines is 1. The summed E-state index contributed by atoms with van der Waals surface area (Å²) >= 11 is 0. The van der Waals surface area contributed by atoms with Crippen molar-refractivity contribution < 1.29 is 9.90 Å². The fourth-order valence-electron chi connectivity index (χ4n) is 2.58. The zero-order valence-electron chi connectivity index (χ0n) is 12.9. The van der Waals surface area contributed by atoms with Crippen LogP contribution < -0.4 is 5.32 Å². The molecule has 116 valence electrons. The lowest BCUT2D eigenvalue weighted by molar-refractivity contribution is 0.0698. The maximum absolute atomic E-state index is 11.3. The molecular weight excluding hydrogens is 290 g/mol. The third-order valence-corrected chi connectivity index (χ3v) is 3.81. The van der Waals surface area contributed by atoms with Gasteiger partial charge in [-0.2, -0.15) is 5.10 Å². The lowest BCUT2D eigenvalue weighted by Gasteiger charge is -2.15. The molecule has 0 bridgehead atoms. The Morgan fingerprint density at radius 3 is 2.61 bits per heavy atom. The van der Waals surface area contributed by atoms with Crippen LogP contribution in [0.25, 0.3) is 11.1 Å². The zero-order valence-corrected chi connectivity index (χ0v) is 12.9. The van der Waals surface area contributed by atoms with E-state index in [9.17, 15) is 9.90 Å². The van der Waals surface area contributed by atoms with Crippen molar-refractivity contribution in [3.05, 3.63) is 65.5 Å². The topological polar surface area (TPSA) is 78.0 Å². The van der Waals surface area contributed by atoms with Gasteiger partial charge >= 0.3 is 5.97 Å². The number of carbonyl (C=O) groups is 1. The van der Waals surface area contributed by atoms with Gasteiger partial charge in [0.15, 0.2) is 0 Å². The van der Waals surface area contributed by atoms with Gasteiger partial charge in [0.2, 0.25) is 0 Å². The second kappa shape index (κ2) is 5.96. The highest BCUT2D eigenvalue weighted by atomic mass is 16.4. The third-order valence-electron chi connectivity index (χ3n) is 3.81. The van der Waals surface area contributed by atoms with Gasteiger partial charge < -0.3 is 10.4 Å². The van der Waals surface area contributed by atoms with Gasteiger partial charge in [-0.3, -0.25) is 5.10 Å². The molecule has 0 spiro atoms. The molecule has 0 amide bonds. The van der Waals surface area contributed by atoms with Crippen molar-refractivity contribution in [2.45, 2.75) is 13.8 Å². The van der Waals surface area contributed by atoms with E-state index in [0.717, 1.165) is 27.9 Å². The van der Waals surface area contributed by atoms with Gasteiger partial charge in [-0.1, -0.05) is 12.1 Å². The summed E-state index contributed by atoms with van der Waals surface area (Å²) in [7, 11) is 0. The molecule has 3 aromatic rings. The molecule has 0 unspecified atom stereocenters. The highest BCUT2D eigenvalue weighted by Gasteiger charge is 2.12. The number of carboxylic acid groups (broad SMARTS) is 1. The Morgan fingerprint density at radius 2 is 1.91 bits per heavy atom. The van der Waals surface area contributed by atoms with E-state index in [-0.39, 0.29) is 5.56 Å². The lowest BCUT2D eigenvalue weighted by atomic mass is 9.99. The fourth-order valence-corrected chi connectivity index (χ4v) is 2.58. The van der Waals surface area contributed by atoms with Gasteiger partial charge in [-0.25, -0.2) is 4.79 Å². The molecule has 0 aliphatic rings. The molecule has 0 aliphatic carbocycles. The molecular formula is C18H17N3O2. The minimum absolute atomic E-state index is 0.253. The normalized spacial score (nSPS) is 10.5. The maximum Gasteiger partial charge on any atom is 0.337 e. The zero-order chi connectivity index (χ0) is 16.4. The molecule has 2 aromatic carbocycles. The summed E-state index contributed by atoms with van der Waals surface area (Å²) in [6.45, 7) is 4.02. The van der Waals surface area contributed by atoms with E-state index >= 15 is 0 Å². The average Bonchev–Trinajstić information content (AvgIpc) is 3.05. The van der Waals surface area contributed by atoms with Gasteiger partial charge in [0.1, 0.15) is 0 Å². The molecule has 3 rings (SSSR count). The van der Waals surface area contributed by atoms with E-state index in [4.69, 9.17) is 0 Å². The minimum Gasteiger partial charge on any atom is -0.478 e. The molecule has 1 heterocycles. The predicted molar refractivity (Wildman–Crippen MR) is 90.2 cm³/mol. The Labute approximate surface area is 134 Å². The predicted octanol–water partition coefficient (Wildman–Crippen LogP) is 4.14. The first kappa shape index (κ1) is 14.8. The molecule has 1 aromatic heterocycles. The van der Waals surface area contributed by atoms with Gasteiger partial charge in [0.05, 0.1) is 17.4 Å². The van der Waals surface area contributed by atoms with Crippen molar-refractivity contribution in [2.75, 3.05) is 5.32 Å². The van der Waals surface area contributed by atoms with Crippen molar-refractivity contribution >= 4 is 17.3 Å². The van der Waals surface area contributed by atoms with Gasteiger partial charge in [0.25, 0.3) is 0 Å². The van der Waals surface area contributed by atoms with Crippen molar-refractivity contribution in [1.29, 1.82) is 0 Å². The van der Waals surface area contributed by atoms with E-state index in [2.05, 4.69) is 21.6 Å². The molecule has 5 nitrogen and oxygen atoms in total. The Kier molecular flexibility index (Phi) is 3.85. The number of nitrogens with one attached hydrogen (secondary N) is 2. The number of hydrogen-bond acceptors (Lipinski definition) is 3. The summed E-state index contributed by atoms with van der Waals surface area (Å²) in [5.74, 6) is -0.947. The number of carboxylic acids is 1. The van der Waals surface area contributed by atoms with Gasteiger partial charge in [-0.15, -0.1) is 0 Å². The van der Waals surface area contributed by atoms with Crippen molar-refractivity contribution in [1.82, 2.24) is 10.2 Å². The minimum atomic E-state index is -0.947. The van der Waals surface area contributed by atoms with Crippen LogP contribution in [0.5, 0.6) is 0 Å². The van der Waals surface area contributed by atoms with E-state index in [1.165, 1.54) is 0 Å². The van der Waals surface area contributed by atoms with Crippen LogP contribution >= 0.6 is 0 Å². The molecule has 3 N–H and O–H groups in total. The van der Waals surface area contributed by atoms with Crippen molar-refractivity contribution in [3.63, 3.8) is 0 Å². The van der Waals surface area contributed by atoms with Crippen LogP contribution in [0.2, 0.25) is 0 Å². The molecule has 0 saturated heterocycles. The summed E-state index contributed by atoms with van der Waals surface area (Å²) in [5, 5.41) is 19.3. The molecule has 0 fully saturated rings. The quantitative estimate of drug-likeness (QED) is 0.677. The first-order chi connectivity index (χ1) is 11.1. The Bertz CT molecular complexity index is 855. The smallest absolute Gasteiger partial charge is 0.337 e. The van der Waals surface area contributed by atoms with Crippen LogP contribution in [0.1, 0.15) is 21.5 Å². The molecule has 0 radical (unpaired) electrons. The number of aromatic nitrogens is 2. The number of benzene rings is 2. The van der Waals surface area contributed by atoms with Crippen molar-refractivity contribution in [2.24, 2.45) is 0 Å². The maximum atomic E-state index is 11.3. The number of anilines is 2. The van der Waals surface area contributed by atoms with Crippen LogP contribution in [0.3, 0.4) is 0 Å². The SMILES string of the molecule is Cc1cc(-c2cn[nH]c2)c(C)cc1Nc1ccccc1C(=O)O. The van der Waals surface area contributed by atoms with E-state index < -0.39 is 5.97 Å². The molecule has 5 heteroatoms. The van der Waals surface area contributed by atoms with Crippen LogP contribution in [-0.4, -0.2) is 21.3 Å². The first-order valence-electron chi connectivity index (χ1n) is 7.26. The molecule has 0 aliphatic heterocycles. The second-order valence-electron chi connectivity index (χ2n) is 5.44. The van der Waals surface area contributed by atoms with Crippen molar-refractivity contribution in [3.8, 4) is 11.1 Å².